The Hall–Kier alpha value is -1.62. The van der Waals surface area contributed by atoms with Crippen LogP contribution in [-0.2, 0) is 0 Å². The van der Waals surface area contributed by atoms with Crippen molar-refractivity contribution in [2.75, 3.05) is 30.8 Å². The van der Waals surface area contributed by atoms with Crippen LogP contribution < -0.4 is 10.6 Å². The van der Waals surface area contributed by atoms with E-state index in [0.717, 1.165) is 0 Å². The Bertz CT molecular complexity index is 434. The highest BCUT2D eigenvalue weighted by atomic mass is 35.5. The summed E-state index contributed by atoms with van der Waals surface area (Å²) in [5.74, 6) is -0.0238. The second kappa shape index (κ2) is 6.35. The Kier molecular flexibility index (Phi) is 5.09. The molecule has 0 fully saturated rings. The molecule has 0 saturated heterocycles. The lowest BCUT2D eigenvalue weighted by Crippen LogP contribution is -2.34. The summed E-state index contributed by atoms with van der Waals surface area (Å²) in [6.45, 7) is 4.98. The molecule has 0 aromatic heterocycles. The molecule has 3 N–H and O–H groups in total. The minimum absolute atomic E-state index is 0.0238. The van der Waals surface area contributed by atoms with E-state index >= 15 is 0 Å². The van der Waals surface area contributed by atoms with E-state index in [1.807, 2.05) is 13.8 Å². The third kappa shape index (κ3) is 3.20. The molecule has 1 aromatic carbocycles. The van der Waals surface area contributed by atoms with Crippen LogP contribution in [0, 0.1) is 0 Å². The van der Waals surface area contributed by atoms with E-state index in [0.29, 0.717) is 29.5 Å². The molecule has 2 amide bonds. The third-order valence-electron chi connectivity index (χ3n) is 2.65. The first-order valence-electron chi connectivity index (χ1n) is 5.79. The zero-order chi connectivity index (χ0) is 13.7. The van der Waals surface area contributed by atoms with Crippen LogP contribution in [0.4, 0.5) is 16.2 Å². The number of phenolic OH excluding ortho intramolecular Hbond substituents is 1. The Labute approximate surface area is 112 Å². The van der Waals surface area contributed by atoms with Crippen LogP contribution in [0.25, 0.3) is 0 Å². The van der Waals surface area contributed by atoms with Gasteiger partial charge >= 0.3 is 6.03 Å². The molecule has 0 saturated carbocycles. The summed E-state index contributed by atoms with van der Waals surface area (Å²) in [6.07, 6.45) is 0. The molecule has 0 radical (unpaired) electrons. The van der Waals surface area contributed by atoms with Gasteiger partial charge in [-0.2, -0.15) is 0 Å². The molecule has 1 rings (SSSR count). The molecule has 5 nitrogen and oxygen atoms in total. The van der Waals surface area contributed by atoms with Crippen LogP contribution in [0.3, 0.4) is 0 Å². The number of phenols is 1. The minimum Gasteiger partial charge on any atom is -0.506 e. The normalized spacial score (nSPS) is 10.0. The summed E-state index contributed by atoms with van der Waals surface area (Å²) in [5, 5.41) is 15.7. The van der Waals surface area contributed by atoms with Gasteiger partial charge in [-0.05, 0) is 19.9 Å². The van der Waals surface area contributed by atoms with Crippen molar-refractivity contribution in [2.45, 2.75) is 13.8 Å². The molecular weight excluding hydrogens is 254 g/mol. The topological polar surface area (TPSA) is 64.6 Å². The van der Waals surface area contributed by atoms with Gasteiger partial charge in [0.15, 0.2) is 0 Å². The van der Waals surface area contributed by atoms with Gasteiger partial charge < -0.3 is 20.6 Å². The monoisotopic (exact) mass is 271 g/mol. The summed E-state index contributed by atoms with van der Waals surface area (Å²) in [7, 11) is 1.70. The van der Waals surface area contributed by atoms with E-state index in [1.165, 1.54) is 12.1 Å². The number of urea groups is 1. The summed E-state index contributed by atoms with van der Waals surface area (Å²) in [5.41, 5.74) is 0.908. The fraction of sp³-hybridized carbons (Fsp3) is 0.417. The highest BCUT2D eigenvalue weighted by molar-refractivity contribution is 6.33. The second-order valence-electron chi connectivity index (χ2n) is 3.70. The van der Waals surface area contributed by atoms with Crippen LogP contribution in [0.15, 0.2) is 12.1 Å². The molecule has 0 aliphatic heterocycles. The van der Waals surface area contributed by atoms with Gasteiger partial charge in [-0.3, -0.25) is 0 Å². The SMILES string of the molecule is CCN(CC)C(=O)Nc1cc(Cl)c(NC)cc1O. The zero-order valence-corrected chi connectivity index (χ0v) is 11.5. The number of hydrogen-bond acceptors (Lipinski definition) is 3. The Morgan fingerprint density at radius 2 is 1.94 bits per heavy atom. The highest BCUT2D eigenvalue weighted by Crippen LogP contribution is 2.33. The van der Waals surface area contributed by atoms with Crippen molar-refractivity contribution in [3.05, 3.63) is 17.2 Å². The molecule has 6 heteroatoms. The van der Waals surface area contributed by atoms with Gasteiger partial charge in [-0.15, -0.1) is 0 Å². The van der Waals surface area contributed by atoms with Crippen LogP contribution in [0.2, 0.25) is 5.02 Å². The van der Waals surface area contributed by atoms with Gasteiger partial charge in [0.05, 0.1) is 16.4 Å². The van der Waals surface area contributed by atoms with Crippen LogP contribution in [0.1, 0.15) is 13.8 Å². The lowest BCUT2D eigenvalue weighted by atomic mass is 10.2. The van der Waals surface area contributed by atoms with Gasteiger partial charge in [0, 0.05) is 26.2 Å². The van der Waals surface area contributed by atoms with Gasteiger partial charge in [-0.25, -0.2) is 4.79 Å². The van der Waals surface area contributed by atoms with Crippen molar-refractivity contribution in [3.8, 4) is 5.75 Å². The fourth-order valence-electron chi connectivity index (χ4n) is 1.56. The van der Waals surface area contributed by atoms with Crippen molar-refractivity contribution >= 4 is 29.0 Å². The predicted octanol–water partition coefficient (Wildman–Crippen LogP) is 2.96. The number of carbonyl (C=O) groups excluding carboxylic acids is 1. The van der Waals surface area contributed by atoms with E-state index in [1.54, 1.807) is 11.9 Å². The maximum atomic E-state index is 11.8. The maximum absolute atomic E-state index is 11.8. The lowest BCUT2D eigenvalue weighted by Gasteiger charge is -2.20. The average molecular weight is 272 g/mol. The van der Waals surface area contributed by atoms with E-state index in [4.69, 9.17) is 11.6 Å². The number of benzene rings is 1. The molecular formula is C12H18ClN3O2. The van der Waals surface area contributed by atoms with Crippen molar-refractivity contribution in [1.82, 2.24) is 4.90 Å². The van der Waals surface area contributed by atoms with E-state index < -0.39 is 0 Å². The molecule has 18 heavy (non-hydrogen) atoms. The second-order valence-corrected chi connectivity index (χ2v) is 4.11. The van der Waals surface area contributed by atoms with E-state index in [-0.39, 0.29) is 11.8 Å². The van der Waals surface area contributed by atoms with E-state index in [9.17, 15) is 9.90 Å². The number of carbonyl (C=O) groups is 1. The van der Waals surface area contributed by atoms with Gasteiger partial charge in [-0.1, -0.05) is 11.6 Å². The summed E-state index contributed by atoms with van der Waals surface area (Å²) in [6, 6.07) is 2.73. The van der Waals surface area contributed by atoms with Crippen LogP contribution in [0.5, 0.6) is 5.75 Å². The number of amides is 2. The first kappa shape index (κ1) is 14.4. The molecule has 0 heterocycles. The zero-order valence-electron chi connectivity index (χ0n) is 10.7. The van der Waals surface area contributed by atoms with Gasteiger partial charge in [0.1, 0.15) is 5.75 Å². The largest absolute Gasteiger partial charge is 0.506 e. The van der Waals surface area contributed by atoms with Crippen LogP contribution >= 0.6 is 11.6 Å². The number of hydrogen-bond donors (Lipinski definition) is 3. The highest BCUT2D eigenvalue weighted by Gasteiger charge is 2.13. The summed E-state index contributed by atoms with van der Waals surface area (Å²) >= 11 is 5.99. The van der Waals surface area contributed by atoms with Gasteiger partial charge in [0.2, 0.25) is 0 Å². The summed E-state index contributed by atoms with van der Waals surface area (Å²) in [4.78, 5) is 13.4. The molecule has 100 valence electrons. The van der Waals surface area contributed by atoms with Crippen molar-refractivity contribution in [1.29, 1.82) is 0 Å². The molecule has 0 aliphatic rings. The Morgan fingerprint density at radius 1 is 1.33 bits per heavy atom. The lowest BCUT2D eigenvalue weighted by molar-refractivity contribution is 0.217. The number of halogens is 1. The maximum Gasteiger partial charge on any atom is 0.321 e. The number of nitrogens with one attached hydrogen (secondary N) is 2. The predicted molar refractivity (Wildman–Crippen MR) is 74.6 cm³/mol. The first-order chi connectivity index (χ1) is 8.53. The van der Waals surface area contributed by atoms with Crippen LogP contribution in [-0.4, -0.2) is 36.2 Å². The third-order valence-corrected chi connectivity index (χ3v) is 2.96. The molecule has 0 atom stereocenters. The number of rotatable bonds is 4. The number of anilines is 2. The minimum atomic E-state index is -0.261. The molecule has 1 aromatic rings. The smallest absolute Gasteiger partial charge is 0.321 e. The molecule has 0 spiro atoms. The molecule has 0 unspecified atom stereocenters. The number of nitrogens with zero attached hydrogens (tertiary/aromatic N) is 1. The van der Waals surface area contributed by atoms with E-state index in [2.05, 4.69) is 10.6 Å². The van der Waals surface area contributed by atoms with Crippen molar-refractivity contribution in [2.24, 2.45) is 0 Å². The standard InChI is InChI=1S/C12H18ClN3O2/c1-4-16(5-2)12(18)15-10-6-8(13)9(14-3)7-11(10)17/h6-7,14,17H,4-5H2,1-3H3,(H,15,18). The quantitative estimate of drug-likeness (QED) is 0.738. The van der Waals surface area contributed by atoms with Crippen molar-refractivity contribution < 1.29 is 9.90 Å². The average Bonchev–Trinajstić information content (AvgIpc) is 2.34. The Morgan fingerprint density at radius 3 is 2.44 bits per heavy atom. The summed E-state index contributed by atoms with van der Waals surface area (Å²) < 4.78 is 0. The number of aromatic hydroxyl groups is 1. The van der Waals surface area contributed by atoms with Crippen molar-refractivity contribution in [3.63, 3.8) is 0 Å². The Balaban J connectivity index is 2.91. The molecule has 0 bridgehead atoms. The first-order valence-corrected chi connectivity index (χ1v) is 6.17. The fourth-order valence-corrected chi connectivity index (χ4v) is 1.82. The molecule has 0 aliphatic carbocycles. The van der Waals surface area contributed by atoms with Gasteiger partial charge in [0.25, 0.3) is 0 Å².